The van der Waals surface area contributed by atoms with E-state index in [4.69, 9.17) is 4.74 Å². The lowest BCUT2D eigenvalue weighted by Crippen LogP contribution is -2.36. The normalized spacial score (nSPS) is 10.6. The predicted molar refractivity (Wildman–Crippen MR) is 162 cm³/mol. The van der Waals surface area contributed by atoms with Crippen molar-refractivity contribution in [1.29, 1.82) is 0 Å². The second kappa shape index (κ2) is 14.7. The first kappa shape index (κ1) is 29.4. The van der Waals surface area contributed by atoms with Gasteiger partial charge in [0, 0.05) is 34.5 Å². The van der Waals surface area contributed by atoms with Gasteiger partial charge in [0.2, 0.25) is 0 Å². The van der Waals surface area contributed by atoms with Crippen LogP contribution in [-0.4, -0.2) is 23.5 Å². The number of ether oxygens (including phenoxy) is 1. The third kappa shape index (κ3) is 8.68. The molecule has 0 aromatic heterocycles. The third-order valence-electron chi connectivity index (χ3n) is 6.15. The Morgan fingerprint density at radius 3 is 2.37 bits per heavy atom. The summed E-state index contributed by atoms with van der Waals surface area (Å²) in [7, 11) is 0. The maximum Gasteiger partial charge on any atom is 0.326 e. The Morgan fingerprint density at radius 2 is 1.63 bits per heavy atom. The number of nitrogens with zero attached hydrogens (tertiary/aromatic N) is 2. The van der Waals surface area contributed by atoms with Crippen molar-refractivity contribution in [3.8, 4) is 5.75 Å². The minimum atomic E-state index is -0.511. The molecular formula is C32H31N3O5S. The second-order valence-electron chi connectivity index (χ2n) is 9.24. The summed E-state index contributed by atoms with van der Waals surface area (Å²) in [5.41, 5.74) is 1.81. The molecule has 0 bridgehead atoms. The Morgan fingerprint density at radius 1 is 0.902 bits per heavy atom. The zero-order valence-electron chi connectivity index (χ0n) is 22.7. The fraction of sp³-hybridized carbons (Fsp3) is 0.188. The number of para-hydroxylation sites is 2. The van der Waals surface area contributed by atoms with E-state index >= 15 is 0 Å². The highest BCUT2D eigenvalue weighted by molar-refractivity contribution is 7.99. The van der Waals surface area contributed by atoms with Crippen molar-refractivity contribution in [1.82, 2.24) is 0 Å². The van der Waals surface area contributed by atoms with Gasteiger partial charge in [-0.05, 0) is 73.4 Å². The molecule has 1 N–H and O–H groups in total. The number of nitro groups is 1. The summed E-state index contributed by atoms with van der Waals surface area (Å²) in [4.78, 5) is 39.7. The van der Waals surface area contributed by atoms with Gasteiger partial charge in [0.25, 0.3) is 5.69 Å². The van der Waals surface area contributed by atoms with E-state index in [0.29, 0.717) is 30.8 Å². The van der Waals surface area contributed by atoms with Crippen LogP contribution in [0.1, 0.15) is 31.7 Å². The molecule has 4 aromatic rings. The van der Waals surface area contributed by atoms with Crippen LogP contribution in [0, 0.1) is 10.1 Å². The smallest absolute Gasteiger partial charge is 0.326 e. The summed E-state index contributed by atoms with van der Waals surface area (Å²) >= 11 is 1.51. The maximum atomic E-state index is 13.5. The molecule has 4 aromatic carbocycles. The number of rotatable bonds is 12. The van der Waals surface area contributed by atoms with Crippen molar-refractivity contribution in [2.45, 2.75) is 42.4 Å². The quantitative estimate of drug-likeness (QED) is 0.0800. The van der Waals surface area contributed by atoms with E-state index in [-0.39, 0.29) is 17.3 Å². The number of aryl methyl sites for hydroxylation is 1. The lowest BCUT2D eigenvalue weighted by atomic mass is 10.1. The van der Waals surface area contributed by atoms with Crippen LogP contribution in [0.4, 0.5) is 21.9 Å². The highest BCUT2D eigenvalue weighted by atomic mass is 32.2. The van der Waals surface area contributed by atoms with Gasteiger partial charge in [-0.25, -0.2) is 4.79 Å². The van der Waals surface area contributed by atoms with Gasteiger partial charge in [0.1, 0.15) is 11.4 Å². The minimum absolute atomic E-state index is 0.140. The van der Waals surface area contributed by atoms with Crippen LogP contribution in [0.15, 0.2) is 113 Å². The Kier molecular flexibility index (Phi) is 10.5. The van der Waals surface area contributed by atoms with E-state index in [1.807, 2.05) is 73.7 Å². The standard InChI is InChI=1S/C32H31N3O5S/c1-2-10-31(36)40-26-18-20-27(21-19-26)41-28-15-8-14-25(23-28)34(22-9-13-24-11-4-3-5-12-24)32(37)33-29-16-6-7-17-30(29)35(38)39/h3-8,11-12,14-21,23H,2,9-10,13,22H2,1H3,(H,33,37). The largest absolute Gasteiger partial charge is 0.427 e. The topological polar surface area (TPSA) is 102 Å². The van der Waals surface area contributed by atoms with Crippen molar-refractivity contribution in [3.05, 3.63) is 119 Å². The number of anilines is 2. The van der Waals surface area contributed by atoms with Gasteiger partial charge in [0.15, 0.2) is 0 Å². The summed E-state index contributed by atoms with van der Waals surface area (Å²) in [5, 5.41) is 14.2. The fourth-order valence-corrected chi connectivity index (χ4v) is 5.04. The molecule has 9 heteroatoms. The van der Waals surface area contributed by atoms with Crippen LogP contribution in [0.3, 0.4) is 0 Å². The Hall–Kier alpha value is -4.63. The summed E-state index contributed by atoms with van der Waals surface area (Å²) in [6.07, 6.45) is 2.58. The van der Waals surface area contributed by atoms with Crippen molar-refractivity contribution in [2.24, 2.45) is 0 Å². The van der Waals surface area contributed by atoms with Crippen LogP contribution in [0.2, 0.25) is 0 Å². The molecule has 0 aliphatic heterocycles. The zero-order valence-corrected chi connectivity index (χ0v) is 23.5. The molecule has 0 aliphatic rings. The van der Waals surface area contributed by atoms with E-state index in [2.05, 4.69) is 5.32 Å². The number of esters is 1. The maximum absolute atomic E-state index is 13.5. The average Bonchev–Trinajstić information content (AvgIpc) is 2.97. The van der Waals surface area contributed by atoms with Crippen molar-refractivity contribution < 1.29 is 19.2 Å². The molecule has 0 radical (unpaired) electrons. The first-order chi connectivity index (χ1) is 19.9. The van der Waals surface area contributed by atoms with Gasteiger partial charge in [-0.15, -0.1) is 0 Å². The Labute approximate surface area is 243 Å². The van der Waals surface area contributed by atoms with Crippen molar-refractivity contribution in [3.63, 3.8) is 0 Å². The van der Waals surface area contributed by atoms with Crippen LogP contribution in [0.25, 0.3) is 0 Å². The summed E-state index contributed by atoms with van der Waals surface area (Å²) in [6.45, 7) is 2.34. The number of nitro benzene ring substituents is 1. The number of carbonyl (C=O) groups is 2. The van der Waals surface area contributed by atoms with Crippen LogP contribution in [0.5, 0.6) is 5.75 Å². The molecule has 0 atom stereocenters. The molecule has 210 valence electrons. The molecule has 41 heavy (non-hydrogen) atoms. The number of nitrogens with one attached hydrogen (secondary N) is 1. The van der Waals surface area contributed by atoms with E-state index in [0.717, 1.165) is 22.6 Å². The van der Waals surface area contributed by atoms with Crippen molar-refractivity contribution in [2.75, 3.05) is 16.8 Å². The molecule has 2 amide bonds. The van der Waals surface area contributed by atoms with Gasteiger partial charge in [-0.1, -0.05) is 67.2 Å². The number of amides is 2. The van der Waals surface area contributed by atoms with E-state index in [1.165, 1.54) is 29.5 Å². The molecule has 0 spiro atoms. The Balaban J connectivity index is 1.52. The van der Waals surface area contributed by atoms with E-state index in [9.17, 15) is 19.7 Å². The molecule has 0 aliphatic carbocycles. The molecule has 0 unspecified atom stereocenters. The lowest BCUT2D eigenvalue weighted by Gasteiger charge is -2.24. The molecule has 0 fully saturated rings. The molecule has 0 heterocycles. The molecule has 0 saturated carbocycles. The van der Waals surface area contributed by atoms with Crippen molar-refractivity contribution >= 4 is 40.8 Å². The number of carbonyl (C=O) groups excluding carboxylic acids is 2. The SMILES string of the molecule is CCCC(=O)Oc1ccc(Sc2cccc(N(CCCc3ccccc3)C(=O)Nc3ccccc3[N+](=O)[O-])c2)cc1. The predicted octanol–water partition coefficient (Wildman–Crippen LogP) is 8.12. The second-order valence-corrected chi connectivity index (χ2v) is 10.4. The number of urea groups is 1. The summed E-state index contributed by atoms with van der Waals surface area (Å²) in [6, 6.07) is 30.5. The van der Waals surface area contributed by atoms with Gasteiger partial charge >= 0.3 is 12.0 Å². The number of hydrogen-bond donors (Lipinski definition) is 1. The monoisotopic (exact) mass is 569 g/mol. The Bertz CT molecular complexity index is 1480. The average molecular weight is 570 g/mol. The highest BCUT2D eigenvalue weighted by Gasteiger charge is 2.21. The van der Waals surface area contributed by atoms with Gasteiger partial charge in [-0.3, -0.25) is 19.8 Å². The van der Waals surface area contributed by atoms with Crippen LogP contribution >= 0.6 is 11.8 Å². The first-order valence-electron chi connectivity index (χ1n) is 13.4. The zero-order chi connectivity index (χ0) is 29.0. The number of benzene rings is 4. The third-order valence-corrected chi connectivity index (χ3v) is 7.15. The van der Waals surface area contributed by atoms with Gasteiger partial charge in [0.05, 0.1) is 4.92 Å². The summed E-state index contributed by atoms with van der Waals surface area (Å²) < 4.78 is 5.34. The van der Waals surface area contributed by atoms with E-state index < -0.39 is 11.0 Å². The van der Waals surface area contributed by atoms with Crippen LogP contribution < -0.4 is 15.0 Å². The van der Waals surface area contributed by atoms with E-state index in [1.54, 1.807) is 29.2 Å². The highest BCUT2D eigenvalue weighted by Crippen LogP contribution is 2.32. The molecule has 8 nitrogen and oxygen atoms in total. The minimum Gasteiger partial charge on any atom is -0.427 e. The molecular weight excluding hydrogens is 538 g/mol. The lowest BCUT2D eigenvalue weighted by molar-refractivity contribution is -0.383. The molecule has 0 saturated heterocycles. The fourth-order valence-electron chi connectivity index (χ4n) is 4.17. The number of hydrogen-bond acceptors (Lipinski definition) is 6. The molecule has 4 rings (SSSR count). The van der Waals surface area contributed by atoms with Gasteiger partial charge in [-0.2, -0.15) is 0 Å². The van der Waals surface area contributed by atoms with Crippen LogP contribution in [-0.2, 0) is 11.2 Å². The first-order valence-corrected chi connectivity index (χ1v) is 14.2. The summed E-state index contributed by atoms with van der Waals surface area (Å²) in [5.74, 6) is 0.241. The van der Waals surface area contributed by atoms with Gasteiger partial charge < -0.3 is 10.1 Å².